The van der Waals surface area contributed by atoms with E-state index in [-0.39, 0.29) is 0 Å². The molecule has 1 aromatic carbocycles. The van der Waals surface area contributed by atoms with E-state index in [0.717, 1.165) is 30.9 Å². The van der Waals surface area contributed by atoms with E-state index in [1.54, 1.807) is 7.11 Å². The van der Waals surface area contributed by atoms with Crippen LogP contribution in [0.2, 0.25) is 0 Å². The van der Waals surface area contributed by atoms with Gasteiger partial charge in [0, 0.05) is 37.1 Å². The summed E-state index contributed by atoms with van der Waals surface area (Å²) < 4.78 is 13.1. The Morgan fingerprint density at radius 3 is 3.18 bits per heavy atom. The van der Waals surface area contributed by atoms with E-state index in [0.29, 0.717) is 18.7 Å². The molecule has 1 N–H and O–H groups in total. The Morgan fingerprint density at radius 2 is 2.41 bits per heavy atom. The molecule has 1 aliphatic heterocycles. The smallest absolute Gasteiger partial charge is 0.126 e. The van der Waals surface area contributed by atoms with Crippen molar-refractivity contribution < 1.29 is 9.47 Å². The molecular formula is C17H23N3O2. The van der Waals surface area contributed by atoms with E-state index >= 15 is 0 Å². The molecule has 1 aliphatic rings. The number of methoxy groups -OCH3 is 1. The van der Waals surface area contributed by atoms with Gasteiger partial charge in [0.1, 0.15) is 18.1 Å². The van der Waals surface area contributed by atoms with E-state index in [9.17, 15) is 0 Å². The van der Waals surface area contributed by atoms with Gasteiger partial charge in [-0.2, -0.15) is 5.10 Å². The zero-order valence-corrected chi connectivity index (χ0v) is 13.2. The molecule has 0 aliphatic carbocycles. The average Bonchev–Trinajstić information content (AvgIpc) is 3.06. The van der Waals surface area contributed by atoms with E-state index in [4.69, 9.17) is 9.47 Å². The third-order valence-electron chi connectivity index (χ3n) is 4.05. The predicted molar refractivity (Wildman–Crippen MR) is 85.4 cm³/mol. The highest BCUT2D eigenvalue weighted by molar-refractivity contribution is 5.42. The topological polar surface area (TPSA) is 48.3 Å². The molecule has 2 unspecified atom stereocenters. The number of aryl methyl sites for hydroxylation is 1. The number of fused-ring (bicyclic) bond motifs is 1. The molecule has 2 heterocycles. The second kappa shape index (κ2) is 6.83. The molecule has 3 rings (SSSR count). The maximum atomic E-state index is 5.87. The largest absolute Gasteiger partial charge is 0.497 e. The summed E-state index contributed by atoms with van der Waals surface area (Å²) in [5, 5.41) is 7.89. The first kappa shape index (κ1) is 14.9. The maximum Gasteiger partial charge on any atom is 0.126 e. The van der Waals surface area contributed by atoms with Crippen molar-refractivity contribution in [2.45, 2.75) is 38.4 Å². The first-order valence-electron chi connectivity index (χ1n) is 7.78. The predicted octanol–water partition coefficient (Wildman–Crippen LogP) is 2.26. The number of benzene rings is 1. The van der Waals surface area contributed by atoms with Gasteiger partial charge in [-0.25, -0.2) is 0 Å². The fourth-order valence-electron chi connectivity index (χ4n) is 2.83. The van der Waals surface area contributed by atoms with Crippen LogP contribution in [0.25, 0.3) is 0 Å². The number of ether oxygens (including phenoxy) is 2. The van der Waals surface area contributed by atoms with E-state index in [1.165, 1.54) is 5.56 Å². The minimum Gasteiger partial charge on any atom is -0.497 e. The summed E-state index contributed by atoms with van der Waals surface area (Å²) in [4.78, 5) is 0. The van der Waals surface area contributed by atoms with Gasteiger partial charge in [0.25, 0.3) is 0 Å². The minimum absolute atomic E-state index is 0.355. The van der Waals surface area contributed by atoms with Crippen molar-refractivity contribution in [1.82, 2.24) is 15.1 Å². The summed E-state index contributed by atoms with van der Waals surface area (Å²) in [5.41, 5.74) is 1.24. The third-order valence-corrected chi connectivity index (χ3v) is 4.05. The molecule has 0 amide bonds. The summed E-state index contributed by atoms with van der Waals surface area (Å²) >= 11 is 0. The highest BCUT2D eigenvalue weighted by atomic mass is 16.5. The zero-order chi connectivity index (χ0) is 15.4. The summed E-state index contributed by atoms with van der Waals surface area (Å²) in [5.74, 6) is 1.79. The Labute approximate surface area is 131 Å². The SMILES string of the molecule is COc1ccc2c(c1)OCC(NC(C)CCn1cccn1)C2. The number of nitrogens with one attached hydrogen (secondary N) is 1. The van der Waals surface area contributed by atoms with Gasteiger partial charge in [-0.3, -0.25) is 4.68 Å². The normalized spacial score (nSPS) is 18.4. The number of rotatable bonds is 6. The average molecular weight is 301 g/mol. The van der Waals surface area contributed by atoms with Crippen molar-refractivity contribution in [3.05, 3.63) is 42.2 Å². The van der Waals surface area contributed by atoms with Gasteiger partial charge in [0.05, 0.1) is 7.11 Å². The van der Waals surface area contributed by atoms with E-state index in [2.05, 4.69) is 23.4 Å². The summed E-state index contributed by atoms with van der Waals surface area (Å²) in [7, 11) is 1.68. The van der Waals surface area contributed by atoms with Gasteiger partial charge in [-0.1, -0.05) is 6.07 Å². The van der Waals surface area contributed by atoms with Crippen LogP contribution in [0.5, 0.6) is 11.5 Å². The quantitative estimate of drug-likeness (QED) is 0.889. The van der Waals surface area contributed by atoms with Crippen LogP contribution in [0.4, 0.5) is 0 Å². The number of nitrogens with zero attached hydrogens (tertiary/aromatic N) is 2. The first-order chi connectivity index (χ1) is 10.7. The molecule has 5 nitrogen and oxygen atoms in total. The third kappa shape index (κ3) is 3.60. The van der Waals surface area contributed by atoms with Crippen molar-refractivity contribution in [2.75, 3.05) is 13.7 Å². The summed E-state index contributed by atoms with van der Waals surface area (Å²) in [6.45, 7) is 3.85. The highest BCUT2D eigenvalue weighted by Crippen LogP contribution is 2.29. The number of aromatic nitrogens is 2. The molecule has 1 aromatic heterocycles. The molecule has 118 valence electrons. The minimum atomic E-state index is 0.355. The molecule has 5 heteroatoms. The summed E-state index contributed by atoms with van der Waals surface area (Å²) in [6.07, 6.45) is 5.86. The highest BCUT2D eigenvalue weighted by Gasteiger charge is 2.21. The molecule has 0 radical (unpaired) electrons. The van der Waals surface area contributed by atoms with Gasteiger partial charge in [0.15, 0.2) is 0 Å². The molecule has 0 spiro atoms. The second-order valence-corrected chi connectivity index (χ2v) is 5.81. The monoisotopic (exact) mass is 301 g/mol. The molecule has 2 atom stereocenters. The molecule has 0 saturated heterocycles. The Morgan fingerprint density at radius 1 is 1.50 bits per heavy atom. The molecule has 0 bridgehead atoms. The fraction of sp³-hybridized carbons (Fsp3) is 0.471. The summed E-state index contributed by atoms with van der Waals surface area (Å²) in [6, 6.07) is 8.79. The van der Waals surface area contributed by atoms with Crippen LogP contribution >= 0.6 is 0 Å². The molecule has 0 fully saturated rings. The molecular weight excluding hydrogens is 278 g/mol. The molecule has 22 heavy (non-hydrogen) atoms. The van der Waals surface area contributed by atoms with Crippen molar-refractivity contribution in [1.29, 1.82) is 0 Å². The maximum absolute atomic E-state index is 5.87. The fourth-order valence-corrected chi connectivity index (χ4v) is 2.83. The zero-order valence-electron chi connectivity index (χ0n) is 13.2. The van der Waals surface area contributed by atoms with Crippen LogP contribution in [0.1, 0.15) is 18.9 Å². The molecule has 0 saturated carbocycles. The van der Waals surface area contributed by atoms with Gasteiger partial charge < -0.3 is 14.8 Å². The Balaban J connectivity index is 1.51. The van der Waals surface area contributed by atoms with Gasteiger partial charge in [-0.15, -0.1) is 0 Å². The lowest BCUT2D eigenvalue weighted by atomic mass is 10.0. The second-order valence-electron chi connectivity index (χ2n) is 5.81. The number of hydrogen-bond donors (Lipinski definition) is 1. The van der Waals surface area contributed by atoms with Gasteiger partial charge in [0.2, 0.25) is 0 Å². The van der Waals surface area contributed by atoms with Crippen LogP contribution in [0.3, 0.4) is 0 Å². The van der Waals surface area contributed by atoms with Crippen molar-refractivity contribution in [3.8, 4) is 11.5 Å². The lowest BCUT2D eigenvalue weighted by Gasteiger charge is -2.29. The van der Waals surface area contributed by atoms with Crippen LogP contribution in [-0.4, -0.2) is 35.6 Å². The van der Waals surface area contributed by atoms with Crippen LogP contribution < -0.4 is 14.8 Å². The molecule has 2 aromatic rings. The number of hydrogen-bond acceptors (Lipinski definition) is 4. The Hall–Kier alpha value is -2.01. The standard InChI is InChI=1S/C17H23N3O2/c1-13(6-9-20-8-3-7-18-20)19-15-10-14-4-5-16(21-2)11-17(14)22-12-15/h3-5,7-8,11,13,15,19H,6,9-10,12H2,1-2H3. The lowest BCUT2D eigenvalue weighted by molar-refractivity contribution is 0.224. The van der Waals surface area contributed by atoms with E-state index in [1.807, 2.05) is 35.3 Å². The van der Waals surface area contributed by atoms with Crippen molar-refractivity contribution >= 4 is 0 Å². The van der Waals surface area contributed by atoms with Crippen molar-refractivity contribution in [3.63, 3.8) is 0 Å². The lowest BCUT2D eigenvalue weighted by Crippen LogP contribution is -2.44. The Kier molecular flexibility index (Phi) is 4.63. The van der Waals surface area contributed by atoms with Crippen LogP contribution in [-0.2, 0) is 13.0 Å². The Bertz CT molecular complexity index is 598. The first-order valence-corrected chi connectivity index (χ1v) is 7.78. The van der Waals surface area contributed by atoms with Crippen molar-refractivity contribution in [2.24, 2.45) is 0 Å². The van der Waals surface area contributed by atoms with Crippen LogP contribution in [0.15, 0.2) is 36.7 Å². The van der Waals surface area contributed by atoms with Gasteiger partial charge >= 0.3 is 0 Å². The van der Waals surface area contributed by atoms with E-state index < -0.39 is 0 Å². The van der Waals surface area contributed by atoms with Crippen LogP contribution in [0, 0.1) is 0 Å². The van der Waals surface area contributed by atoms with Gasteiger partial charge in [-0.05, 0) is 37.5 Å².